The Kier molecular flexibility index (Phi) is 5.01. The van der Waals surface area contributed by atoms with Gasteiger partial charge in [0.05, 0.1) is 6.54 Å². The summed E-state index contributed by atoms with van der Waals surface area (Å²) in [5.41, 5.74) is 0.858. The molecule has 4 nitrogen and oxygen atoms in total. The number of hydrogen-bond donors (Lipinski definition) is 1. The lowest BCUT2D eigenvalue weighted by Crippen LogP contribution is -2.20. The van der Waals surface area contributed by atoms with Gasteiger partial charge in [-0.3, -0.25) is 0 Å². The first-order valence-corrected chi connectivity index (χ1v) is 7.40. The van der Waals surface area contributed by atoms with Crippen LogP contribution in [0, 0.1) is 5.82 Å². The van der Waals surface area contributed by atoms with Gasteiger partial charge in [-0.05, 0) is 42.5 Å². The molecule has 0 fully saturated rings. The van der Waals surface area contributed by atoms with Crippen LogP contribution in [0.1, 0.15) is 5.76 Å². The van der Waals surface area contributed by atoms with E-state index in [1.54, 1.807) is 18.3 Å². The van der Waals surface area contributed by atoms with Gasteiger partial charge < -0.3 is 14.5 Å². The summed E-state index contributed by atoms with van der Waals surface area (Å²) in [5.74, 6) is 1.91. The molecule has 3 aromatic rings. The Morgan fingerprint density at radius 2 is 1.91 bits per heavy atom. The van der Waals surface area contributed by atoms with Gasteiger partial charge in [-0.2, -0.15) is 0 Å². The van der Waals surface area contributed by atoms with Crippen LogP contribution in [0.3, 0.4) is 0 Å². The molecular weight excluding hydrogens is 295 g/mol. The van der Waals surface area contributed by atoms with Crippen molar-refractivity contribution < 1.29 is 13.5 Å². The van der Waals surface area contributed by atoms with Crippen molar-refractivity contribution in [2.75, 3.05) is 13.2 Å². The van der Waals surface area contributed by atoms with Crippen molar-refractivity contribution >= 4 is 0 Å². The van der Waals surface area contributed by atoms with Gasteiger partial charge in [-0.15, -0.1) is 0 Å². The number of rotatable bonds is 7. The monoisotopic (exact) mass is 312 g/mol. The minimum absolute atomic E-state index is 0.255. The van der Waals surface area contributed by atoms with E-state index in [0.29, 0.717) is 25.6 Å². The van der Waals surface area contributed by atoms with Gasteiger partial charge in [0.15, 0.2) is 0 Å². The minimum Gasteiger partial charge on any atom is -0.476 e. The number of nitrogens with one attached hydrogen (secondary N) is 1. The highest BCUT2D eigenvalue weighted by Gasteiger charge is 2.04. The van der Waals surface area contributed by atoms with Crippen molar-refractivity contribution in [2.45, 2.75) is 6.54 Å². The third kappa shape index (κ3) is 4.40. The van der Waals surface area contributed by atoms with Crippen LogP contribution in [0.15, 0.2) is 65.2 Å². The molecule has 0 aliphatic rings. The number of halogens is 1. The maximum Gasteiger partial charge on any atom is 0.213 e. The number of pyridine rings is 1. The average molecular weight is 312 g/mol. The summed E-state index contributed by atoms with van der Waals surface area (Å²) in [6.45, 7) is 1.82. The second-order valence-corrected chi connectivity index (χ2v) is 4.97. The molecule has 23 heavy (non-hydrogen) atoms. The van der Waals surface area contributed by atoms with E-state index in [2.05, 4.69) is 10.3 Å². The molecule has 0 saturated carbocycles. The van der Waals surface area contributed by atoms with E-state index in [9.17, 15) is 4.39 Å². The standard InChI is InChI=1S/C18H17FN2O2/c19-15-6-4-14(5-7-15)17-9-8-16(23-17)13-20-11-12-22-18-3-1-2-10-21-18/h1-10,20H,11-13H2. The zero-order valence-corrected chi connectivity index (χ0v) is 12.5. The zero-order valence-electron chi connectivity index (χ0n) is 12.5. The van der Waals surface area contributed by atoms with Crippen molar-refractivity contribution in [3.05, 3.63) is 72.4 Å². The van der Waals surface area contributed by atoms with Gasteiger partial charge in [0, 0.05) is 24.4 Å². The summed E-state index contributed by atoms with van der Waals surface area (Å²) in [7, 11) is 0. The number of nitrogens with zero attached hydrogens (tertiary/aromatic N) is 1. The van der Waals surface area contributed by atoms with Gasteiger partial charge in [-0.25, -0.2) is 9.37 Å². The quantitative estimate of drug-likeness (QED) is 0.677. The Morgan fingerprint density at radius 1 is 1.04 bits per heavy atom. The van der Waals surface area contributed by atoms with Crippen molar-refractivity contribution in [1.82, 2.24) is 10.3 Å². The fraction of sp³-hybridized carbons (Fsp3) is 0.167. The fourth-order valence-electron chi connectivity index (χ4n) is 2.11. The molecule has 0 amide bonds. The van der Waals surface area contributed by atoms with Gasteiger partial charge in [0.25, 0.3) is 0 Å². The van der Waals surface area contributed by atoms with Gasteiger partial charge in [0.1, 0.15) is 23.9 Å². The SMILES string of the molecule is Fc1ccc(-c2ccc(CNCCOc3ccccn3)o2)cc1. The smallest absolute Gasteiger partial charge is 0.213 e. The third-order valence-electron chi connectivity index (χ3n) is 3.26. The lowest BCUT2D eigenvalue weighted by atomic mass is 10.2. The Labute approximate surface area is 133 Å². The van der Waals surface area contributed by atoms with Crippen molar-refractivity contribution in [1.29, 1.82) is 0 Å². The number of ether oxygens (including phenoxy) is 1. The number of benzene rings is 1. The summed E-state index contributed by atoms with van der Waals surface area (Å²) >= 11 is 0. The first-order valence-electron chi connectivity index (χ1n) is 7.40. The van der Waals surface area contributed by atoms with Crippen LogP contribution < -0.4 is 10.1 Å². The van der Waals surface area contributed by atoms with E-state index < -0.39 is 0 Å². The average Bonchev–Trinajstić information content (AvgIpc) is 3.05. The molecule has 2 aromatic heterocycles. The van der Waals surface area contributed by atoms with Crippen LogP contribution >= 0.6 is 0 Å². The van der Waals surface area contributed by atoms with Crippen LogP contribution in [-0.4, -0.2) is 18.1 Å². The molecule has 0 aliphatic heterocycles. The van der Waals surface area contributed by atoms with E-state index in [0.717, 1.165) is 17.1 Å². The molecule has 0 bridgehead atoms. The lowest BCUT2D eigenvalue weighted by Gasteiger charge is -2.05. The fourth-order valence-corrected chi connectivity index (χ4v) is 2.11. The normalized spacial score (nSPS) is 10.7. The maximum absolute atomic E-state index is 12.9. The molecule has 0 saturated heterocycles. The highest BCUT2D eigenvalue weighted by atomic mass is 19.1. The molecule has 0 atom stereocenters. The molecule has 2 heterocycles. The van der Waals surface area contributed by atoms with Crippen LogP contribution in [0.2, 0.25) is 0 Å². The summed E-state index contributed by atoms with van der Waals surface area (Å²) in [4.78, 5) is 4.08. The Balaban J connectivity index is 1.43. The Bertz CT molecular complexity index is 726. The first-order chi connectivity index (χ1) is 11.3. The summed E-state index contributed by atoms with van der Waals surface area (Å²) in [6.07, 6.45) is 1.70. The first kappa shape index (κ1) is 15.2. The highest BCUT2D eigenvalue weighted by molar-refractivity contribution is 5.57. The van der Waals surface area contributed by atoms with Crippen LogP contribution in [0.5, 0.6) is 5.88 Å². The van der Waals surface area contributed by atoms with Gasteiger partial charge in [0.2, 0.25) is 5.88 Å². The highest BCUT2D eigenvalue weighted by Crippen LogP contribution is 2.22. The second-order valence-electron chi connectivity index (χ2n) is 4.97. The van der Waals surface area contributed by atoms with E-state index in [1.807, 2.05) is 30.3 Å². The molecule has 3 rings (SSSR count). The molecule has 1 N–H and O–H groups in total. The van der Waals surface area contributed by atoms with Crippen LogP contribution in [0.25, 0.3) is 11.3 Å². The summed E-state index contributed by atoms with van der Waals surface area (Å²) < 4.78 is 24.1. The predicted octanol–water partition coefficient (Wildman–Crippen LogP) is 3.65. The second kappa shape index (κ2) is 7.56. The zero-order chi connectivity index (χ0) is 15.9. The molecule has 0 spiro atoms. The van der Waals surface area contributed by atoms with Crippen molar-refractivity contribution in [2.24, 2.45) is 0 Å². The Morgan fingerprint density at radius 3 is 2.70 bits per heavy atom. The molecule has 0 unspecified atom stereocenters. The number of hydrogen-bond acceptors (Lipinski definition) is 4. The predicted molar refractivity (Wildman–Crippen MR) is 85.5 cm³/mol. The summed E-state index contributed by atoms with van der Waals surface area (Å²) in [5, 5.41) is 3.24. The van der Waals surface area contributed by atoms with Crippen molar-refractivity contribution in [3.8, 4) is 17.2 Å². The van der Waals surface area contributed by atoms with Crippen LogP contribution in [-0.2, 0) is 6.54 Å². The van der Waals surface area contributed by atoms with E-state index >= 15 is 0 Å². The molecule has 118 valence electrons. The number of furan rings is 1. The summed E-state index contributed by atoms with van der Waals surface area (Å²) in [6, 6.07) is 15.6. The van der Waals surface area contributed by atoms with Gasteiger partial charge in [-0.1, -0.05) is 6.07 Å². The van der Waals surface area contributed by atoms with E-state index in [-0.39, 0.29) is 5.82 Å². The van der Waals surface area contributed by atoms with Gasteiger partial charge >= 0.3 is 0 Å². The molecule has 1 aromatic carbocycles. The lowest BCUT2D eigenvalue weighted by molar-refractivity contribution is 0.300. The topological polar surface area (TPSA) is 47.3 Å². The van der Waals surface area contributed by atoms with E-state index in [4.69, 9.17) is 9.15 Å². The molecule has 0 aliphatic carbocycles. The largest absolute Gasteiger partial charge is 0.476 e. The third-order valence-corrected chi connectivity index (χ3v) is 3.26. The minimum atomic E-state index is -0.255. The van der Waals surface area contributed by atoms with Crippen molar-refractivity contribution in [3.63, 3.8) is 0 Å². The maximum atomic E-state index is 12.9. The molecular formula is C18H17FN2O2. The molecule has 0 radical (unpaired) electrons. The molecule has 5 heteroatoms. The van der Waals surface area contributed by atoms with E-state index in [1.165, 1.54) is 12.1 Å². The Hall–Kier alpha value is -2.66. The number of aromatic nitrogens is 1. The van der Waals surface area contributed by atoms with Crippen LogP contribution in [0.4, 0.5) is 4.39 Å².